The third-order valence-corrected chi connectivity index (χ3v) is 1.79. The molecule has 2 heterocycles. The Hall–Kier alpha value is -2.35. The number of aromatic nitrogens is 3. The van der Waals surface area contributed by atoms with Crippen LogP contribution in [0.15, 0.2) is 12.1 Å². The monoisotopic (exact) mass is 185 g/mol. The normalized spacial score (nSPS) is 9.93. The summed E-state index contributed by atoms with van der Waals surface area (Å²) in [7, 11) is 0. The molecule has 0 unspecified atom stereocenters. The summed E-state index contributed by atoms with van der Waals surface area (Å²) in [5, 5.41) is 3.76. The predicted octanol–water partition coefficient (Wildman–Crippen LogP) is -0.390. The Kier molecular flexibility index (Phi) is 1.68. The molecule has 2 N–H and O–H groups in total. The van der Waals surface area contributed by atoms with Gasteiger partial charge in [0.1, 0.15) is 5.69 Å². The van der Waals surface area contributed by atoms with Gasteiger partial charge in [-0.1, -0.05) is 5.92 Å². The van der Waals surface area contributed by atoms with Crippen molar-refractivity contribution in [2.45, 2.75) is 0 Å². The number of hydrogen-bond donors (Lipinski definition) is 1. The highest BCUT2D eigenvalue weighted by molar-refractivity contribution is 5.98. The molecule has 2 aromatic rings. The van der Waals surface area contributed by atoms with Crippen molar-refractivity contribution in [2.24, 2.45) is 5.73 Å². The second kappa shape index (κ2) is 2.85. The van der Waals surface area contributed by atoms with Crippen molar-refractivity contribution in [1.29, 1.82) is 0 Å². The van der Waals surface area contributed by atoms with Crippen molar-refractivity contribution in [2.75, 3.05) is 0 Å². The summed E-state index contributed by atoms with van der Waals surface area (Å²) in [5.41, 5.74) is 6.25. The number of carbonyl (C=O) groups is 1. The molecule has 14 heavy (non-hydrogen) atoms. The minimum Gasteiger partial charge on any atom is -0.365 e. The number of carbonyl (C=O) groups excluding carboxylic acids is 1. The van der Waals surface area contributed by atoms with Gasteiger partial charge in [0.05, 0.1) is 5.56 Å². The van der Waals surface area contributed by atoms with Crippen molar-refractivity contribution in [1.82, 2.24) is 14.6 Å². The molecule has 2 aromatic heterocycles. The Morgan fingerprint density at radius 3 is 3.07 bits per heavy atom. The summed E-state index contributed by atoms with van der Waals surface area (Å²) in [6.07, 6.45) is 7.60. The van der Waals surface area contributed by atoms with Gasteiger partial charge in [-0.25, -0.2) is 9.50 Å². The van der Waals surface area contributed by atoms with Gasteiger partial charge in [-0.2, -0.15) is 0 Å². The molecule has 67 valence electrons. The van der Waals surface area contributed by atoms with Crippen LogP contribution in [0.3, 0.4) is 0 Å². The molecule has 0 fully saturated rings. The number of primary amides is 1. The Labute approximate surface area is 79.6 Å². The summed E-state index contributed by atoms with van der Waals surface area (Å²) in [5.74, 6) is 1.84. The fourth-order valence-electron chi connectivity index (χ4n) is 1.16. The molecule has 0 aromatic carbocycles. The van der Waals surface area contributed by atoms with Crippen LogP contribution in [0.2, 0.25) is 0 Å². The average molecular weight is 185 g/mol. The van der Waals surface area contributed by atoms with E-state index in [0.29, 0.717) is 11.3 Å². The highest BCUT2D eigenvalue weighted by Gasteiger charge is 2.10. The molecule has 0 aliphatic carbocycles. The predicted molar refractivity (Wildman–Crippen MR) is 48.3 cm³/mol. The maximum absolute atomic E-state index is 11.0. The Bertz CT molecular complexity index is 549. The van der Waals surface area contributed by atoms with Gasteiger partial charge in [0.15, 0.2) is 5.65 Å². The lowest BCUT2D eigenvalue weighted by molar-refractivity contribution is 0.100. The van der Waals surface area contributed by atoms with Gasteiger partial charge in [0.2, 0.25) is 6.33 Å². The van der Waals surface area contributed by atoms with Gasteiger partial charge >= 0.3 is 0 Å². The molecule has 0 aliphatic rings. The maximum Gasteiger partial charge on any atom is 0.252 e. The first-order chi connectivity index (χ1) is 6.74. The molecular formula is C9H5N4O. The Morgan fingerprint density at radius 1 is 1.64 bits per heavy atom. The highest BCUT2D eigenvalue weighted by atomic mass is 16.1. The number of nitrogens with two attached hydrogens (primary N) is 1. The molecule has 0 bridgehead atoms. The lowest BCUT2D eigenvalue weighted by Crippen LogP contribution is -2.13. The van der Waals surface area contributed by atoms with Crippen LogP contribution >= 0.6 is 0 Å². The van der Waals surface area contributed by atoms with Crippen molar-refractivity contribution in [3.63, 3.8) is 0 Å². The highest BCUT2D eigenvalue weighted by Crippen LogP contribution is 2.09. The molecule has 1 radical (unpaired) electrons. The summed E-state index contributed by atoms with van der Waals surface area (Å²) < 4.78 is 1.35. The molecule has 5 heteroatoms. The summed E-state index contributed by atoms with van der Waals surface area (Å²) >= 11 is 0. The molecule has 1 amide bonds. The van der Waals surface area contributed by atoms with Crippen LogP contribution < -0.4 is 5.73 Å². The third kappa shape index (κ3) is 1.02. The SMILES string of the molecule is C#Cc1ccc(C(N)=O)c2n[c]nn12. The average Bonchev–Trinajstić information content (AvgIpc) is 2.64. The van der Waals surface area contributed by atoms with Gasteiger partial charge in [-0.3, -0.25) is 4.79 Å². The zero-order chi connectivity index (χ0) is 10.1. The number of pyridine rings is 1. The second-order valence-electron chi connectivity index (χ2n) is 2.59. The molecule has 0 atom stereocenters. The first-order valence-electron chi connectivity index (χ1n) is 3.76. The van der Waals surface area contributed by atoms with Gasteiger partial charge < -0.3 is 5.73 Å². The molecule has 0 aliphatic heterocycles. The molecule has 2 rings (SSSR count). The number of fused-ring (bicyclic) bond motifs is 1. The maximum atomic E-state index is 11.0. The largest absolute Gasteiger partial charge is 0.365 e. The first-order valence-corrected chi connectivity index (χ1v) is 3.76. The summed E-state index contributed by atoms with van der Waals surface area (Å²) in [4.78, 5) is 14.8. The van der Waals surface area contributed by atoms with E-state index in [1.54, 1.807) is 6.07 Å². The van der Waals surface area contributed by atoms with Gasteiger partial charge in [-0.05, 0) is 12.1 Å². The van der Waals surface area contributed by atoms with E-state index in [0.717, 1.165) is 0 Å². The number of nitrogens with zero attached hydrogens (tertiary/aromatic N) is 3. The van der Waals surface area contributed by atoms with Gasteiger partial charge in [0.25, 0.3) is 5.91 Å². The van der Waals surface area contributed by atoms with Crippen molar-refractivity contribution in [3.8, 4) is 12.3 Å². The zero-order valence-corrected chi connectivity index (χ0v) is 7.06. The van der Waals surface area contributed by atoms with E-state index in [2.05, 4.69) is 22.3 Å². The fourth-order valence-corrected chi connectivity index (χ4v) is 1.16. The van der Waals surface area contributed by atoms with Crippen LogP contribution in [0.5, 0.6) is 0 Å². The first kappa shape index (κ1) is 8.26. The molecule has 0 spiro atoms. The van der Waals surface area contributed by atoms with E-state index in [1.807, 2.05) is 0 Å². The van der Waals surface area contributed by atoms with E-state index in [-0.39, 0.29) is 5.56 Å². The van der Waals surface area contributed by atoms with Crippen molar-refractivity contribution in [3.05, 3.63) is 29.7 Å². The molecule has 0 saturated carbocycles. The fraction of sp³-hybridized carbons (Fsp3) is 0. The Balaban J connectivity index is 2.87. The van der Waals surface area contributed by atoms with Crippen LogP contribution in [0.1, 0.15) is 16.1 Å². The smallest absolute Gasteiger partial charge is 0.252 e. The quantitative estimate of drug-likeness (QED) is 0.615. The Morgan fingerprint density at radius 2 is 2.43 bits per heavy atom. The number of terminal acetylenes is 1. The summed E-state index contributed by atoms with van der Waals surface area (Å²) in [6.45, 7) is 0. The standard InChI is InChI=1S/C9H5N4O/c1-2-6-3-4-7(8(10)14)9-11-5-12-13(6)9/h1,3-4H,(H2,10,14). The van der Waals surface area contributed by atoms with Gasteiger partial charge in [-0.15, -0.1) is 11.5 Å². The minimum absolute atomic E-state index is 0.276. The molecule has 0 saturated heterocycles. The number of hydrogen-bond acceptors (Lipinski definition) is 3. The lowest BCUT2D eigenvalue weighted by Gasteiger charge is -1.99. The lowest BCUT2D eigenvalue weighted by atomic mass is 10.2. The van der Waals surface area contributed by atoms with E-state index < -0.39 is 5.91 Å². The van der Waals surface area contributed by atoms with E-state index in [4.69, 9.17) is 12.2 Å². The van der Waals surface area contributed by atoms with Crippen LogP contribution in [-0.2, 0) is 0 Å². The van der Waals surface area contributed by atoms with E-state index in [9.17, 15) is 4.79 Å². The van der Waals surface area contributed by atoms with Crippen LogP contribution in [0.4, 0.5) is 0 Å². The molecule has 5 nitrogen and oxygen atoms in total. The number of amides is 1. The minimum atomic E-state index is -0.569. The van der Waals surface area contributed by atoms with E-state index >= 15 is 0 Å². The second-order valence-corrected chi connectivity index (χ2v) is 2.59. The zero-order valence-electron chi connectivity index (χ0n) is 7.06. The number of rotatable bonds is 1. The summed E-state index contributed by atoms with van der Waals surface area (Å²) in [6, 6.07) is 3.10. The van der Waals surface area contributed by atoms with E-state index in [1.165, 1.54) is 10.6 Å². The topological polar surface area (TPSA) is 73.3 Å². The van der Waals surface area contributed by atoms with Crippen LogP contribution in [0, 0.1) is 18.7 Å². The van der Waals surface area contributed by atoms with Crippen LogP contribution in [0.25, 0.3) is 5.65 Å². The van der Waals surface area contributed by atoms with Gasteiger partial charge in [0, 0.05) is 0 Å². The van der Waals surface area contributed by atoms with Crippen LogP contribution in [-0.4, -0.2) is 20.5 Å². The molecular weight excluding hydrogens is 180 g/mol. The van der Waals surface area contributed by atoms with Crippen molar-refractivity contribution >= 4 is 11.6 Å². The van der Waals surface area contributed by atoms with Crippen molar-refractivity contribution < 1.29 is 4.79 Å². The third-order valence-electron chi connectivity index (χ3n) is 1.79.